The fourth-order valence-electron chi connectivity index (χ4n) is 1.64. The van der Waals surface area contributed by atoms with E-state index in [2.05, 4.69) is 0 Å². The van der Waals surface area contributed by atoms with E-state index in [0.29, 0.717) is 10.6 Å². The van der Waals surface area contributed by atoms with Crippen LogP contribution in [-0.4, -0.2) is 17.8 Å². The van der Waals surface area contributed by atoms with Gasteiger partial charge in [-0.3, -0.25) is 14.9 Å². The predicted molar refractivity (Wildman–Crippen MR) is 80.6 cm³/mol. The second kappa shape index (κ2) is 7.38. The fourth-order valence-corrected chi connectivity index (χ4v) is 1.76. The summed E-state index contributed by atoms with van der Waals surface area (Å²) in [4.78, 5) is 34.9. The van der Waals surface area contributed by atoms with Crippen LogP contribution in [0.15, 0.2) is 54.6 Å². The van der Waals surface area contributed by atoms with Gasteiger partial charge < -0.3 is 4.74 Å². The molecular weight excluding hydrogens is 306 g/mol. The maximum Gasteiger partial charge on any atom is 0.414 e. The highest BCUT2D eigenvalue weighted by Gasteiger charge is 2.19. The molecule has 2 aromatic carbocycles. The first kappa shape index (κ1) is 15.7. The minimum Gasteiger partial charge on any atom is -0.444 e. The molecule has 0 atom stereocenters. The Kier molecular flexibility index (Phi) is 5.27. The highest BCUT2D eigenvalue weighted by Crippen LogP contribution is 2.10. The monoisotopic (exact) mass is 317 g/mol. The van der Waals surface area contributed by atoms with E-state index in [1.165, 1.54) is 12.1 Å². The summed E-state index contributed by atoms with van der Waals surface area (Å²) < 4.78 is 4.86. The van der Waals surface area contributed by atoms with Crippen molar-refractivity contribution in [3.63, 3.8) is 0 Å². The first-order chi connectivity index (χ1) is 10.6. The Labute approximate surface area is 131 Å². The van der Waals surface area contributed by atoms with Crippen molar-refractivity contribution in [1.82, 2.24) is 5.32 Å². The van der Waals surface area contributed by atoms with Crippen LogP contribution >= 0.6 is 11.6 Å². The lowest BCUT2D eigenvalue weighted by Crippen LogP contribution is -2.36. The van der Waals surface area contributed by atoms with E-state index in [0.717, 1.165) is 0 Å². The maximum atomic E-state index is 11.8. The quantitative estimate of drug-likeness (QED) is 0.695. The smallest absolute Gasteiger partial charge is 0.414 e. The summed E-state index contributed by atoms with van der Waals surface area (Å²) in [7, 11) is 0. The number of carbonyl (C=O) groups is 3. The Hall–Kier alpha value is -2.66. The third-order valence-electron chi connectivity index (χ3n) is 2.74. The van der Waals surface area contributed by atoms with E-state index in [4.69, 9.17) is 16.3 Å². The normalized spacial score (nSPS) is 9.86. The molecule has 2 amide bonds. The molecule has 0 bridgehead atoms. The molecule has 0 spiro atoms. The summed E-state index contributed by atoms with van der Waals surface area (Å²) in [6.07, 6.45) is -0.982. The first-order valence-electron chi connectivity index (χ1n) is 6.38. The zero-order chi connectivity index (χ0) is 15.9. The summed E-state index contributed by atoms with van der Waals surface area (Å²) in [5, 5.41) is 2.45. The van der Waals surface area contributed by atoms with Crippen LogP contribution in [-0.2, 0) is 16.1 Å². The third-order valence-corrected chi connectivity index (χ3v) is 2.99. The van der Waals surface area contributed by atoms with Gasteiger partial charge in [-0.25, -0.2) is 4.79 Å². The van der Waals surface area contributed by atoms with E-state index < -0.39 is 17.8 Å². The average Bonchev–Trinajstić information content (AvgIpc) is 2.54. The third kappa shape index (κ3) is 4.43. The van der Waals surface area contributed by atoms with Gasteiger partial charge in [-0.1, -0.05) is 54.1 Å². The van der Waals surface area contributed by atoms with Gasteiger partial charge in [0.25, 0.3) is 5.78 Å². The first-order valence-corrected chi connectivity index (χ1v) is 6.76. The molecule has 2 aromatic rings. The predicted octanol–water partition coefficient (Wildman–Crippen LogP) is 2.98. The minimum atomic E-state index is -1.03. The Morgan fingerprint density at radius 2 is 1.59 bits per heavy atom. The number of ether oxygens (including phenoxy) is 1. The van der Waals surface area contributed by atoms with Crippen LogP contribution in [0.25, 0.3) is 0 Å². The van der Waals surface area contributed by atoms with Crippen LogP contribution in [0, 0.1) is 0 Å². The number of alkyl carbamates (subject to hydrolysis) is 1. The van der Waals surface area contributed by atoms with E-state index in [-0.39, 0.29) is 12.2 Å². The number of hydrogen-bond acceptors (Lipinski definition) is 4. The van der Waals surface area contributed by atoms with E-state index in [1.807, 2.05) is 5.32 Å². The van der Waals surface area contributed by atoms with Crippen molar-refractivity contribution in [3.05, 3.63) is 70.7 Å². The molecule has 2 rings (SSSR count). The summed E-state index contributed by atoms with van der Waals surface area (Å²) in [6, 6.07) is 14.6. The maximum absolute atomic E-state index is 11.8. The van der Waals surface area contributed by atoms with Gasteiger partial charge in [0.05, 0.1) is 0 Å². The Morgan fingerprint density at radius 3 is 2.23 bits per heavy atom. The van der Waals surface area contributed by atoms with E-state index in [9.17, 15) is 14.4 Å². The van der Waals surface area contributed by atoms with Crippen molar-refractivity contribution >= 4 is 29.4 Å². The number of hydrogen-bond donors (Lipinski definition) is 1. The van der Waals surface area contributed by atoms with Crippen molar-refractivity contribution in [2.45, 2.75) is 6.61 Å². The molecular formula is C16H12ClNO4. The molecule has 0 saturated heterocycles. The zero-order valence-corrected chi connectivity index (χ0v) is 12.2. The molecule has 1 N–H and O–H groups in total. The molecule has 0 radical (unpaired) electrons. The Bertz CT molecular complexity index is 683. The van der Waals surface area contributed by atoms with Crippen LogP contribution in [0.4, 0.5) is 4.79 Å². The minimum absolute atomic E-state index is 0.0319. The number of nitrogens with one attached hydrogen (secondary N) is 1. The molecule has 0 fully saturated rings. The van der Waals surface area contributed by atoms with Crippen molar-refractivity contribution in [2.75, 3.05) is 0 Å². The lowest BCUT2D eigenvalue weighted by atomic mass is 10.1. The second-order valence-corrected chi connectivity index (χ2v) is 4.79. The van der Waals surface area contributed by atoms with Crippen molar-refractivity contribution in [1.29, 1.82) is 0 Å². The number of rotatable bonds is 4. The number of imide groups is 1. The van der Waals surface area contributed by atoms with Crippen LogP contribution < -0.4 is 5.32 Å². The molecule has 0 unspecified atom stereocenters. The van der Waals surface area contributed by atoms with Crippen LogP contribution in [0.5, 0.6) is 0 Å². The lowest BCUT2D eigenvalue weighted by Gasteiger charge is -2.06. The Morgan fingerprint density at radius 1 is 0.955 bits per heavy atom. The standard InChI is InChI=1S/C16H12ClNO4/c17-13-8-6-11(7-9-13)10-22-16(21)18-15(20)14(19)12-4-2-1-3-5-12/h1-9H,10H2,(H,18,20,21). The number of benzene rings is 2. The summed E-state index contributed by atoms with van der Waals surface area (Å²) in [6.45, 7) is -0.0319. The molecule has 112 valence electrons. The summed E-state index contributed by atoms with van der Waals surface area (Å²) in [5.74, 6) is -1.84. The van der Waals surface area contributed by atoms with Gasteiger partial charge >= 0.3 is 12.0 Å². The van der Waals surface area contributed by atoms with Crippen molar-refractivity contribution in [2.24, 2.45) is 0 Å². The topological polar surface area (TPSA) is 72.5 Å². The van der Waals surface area contributed by atoms with E-state index >= 15 is 0 Å². The molecule has 0 aliphatic carbocycles. The van der Waals surface area contributed by atoms with Gasteiger partial charge in [-0.15, -0.1) is 0 Å². The fraction of sp³-hybridized carbons (Fsp3) is 0.0625. The highest BCUT2D eigenvalue weighted by atomic mass is 35.5. The van der Waals surface area contributed by atoms with Crippen LogP contribution in [0.3, 0.4) is 0 Å². The molecule has 0 heterocycles. The molecule has 0 aliphatic rings. The van der Waals surface area contributed by atoms with Gasteiger partial charge in [-0.2, -0.15) is 0 Å². The van der Waals surface area contributed by atoms with Gasteiger partial charge in [0, 0.05) is 10.6 Å². The number of halogens is 1. The number of amides is 2. The van der Waals surface area contributed by atoms with Gasteiger partial charge in [-0.05, 0) is 17.7 Å². The SMILES string of the molecule is O=C(NC(=O)C(=O)c1ccccc1)OCc1ccc(Cl)cc1. The summed E-state index contributed by atoms with van der Waals surface area (Å²) >= 11 is 5.73. The molecule has 22 heavy (non-hydrogen) atoms. The molecule has 0 aliphatic heterocycles. The van der Waals surface area contributed by atoms with Crippen LogP contribution in [0.2, 0.25) is 5.02 Å². The summed E-state index contributed by atoms with van der Waals surface area (Å²) in [5.41, 5.74) is 0.909. The Balaban J connectivity index is 1.85. The number of Topliss-reactive ketones (excluding diaryl/α,β-unsaturated/α-hetero) is 1. The second-order valence-electron chi connectivity index (χ2n) is 4.35. The molecule has 6 heteroatoms. The van der Waals surface area contributed by atoms with Crippen LogP contribution in [0.1, 0.15) is 15.9 Å². The van der Waals surface area contributed by atoms with Gasteiger partial charge in [0.2, 0.25) is 0 Å². The zero-order valence-electron chi connectivity index (χ0n) is 11.4. The molecule has 5 nitrogen and oxygen atoms in total. The highest BCUT2D eigenvalue weighted by molar-refractivity contribution is 6.44. The number of carbonyl (C=O) groups excluding carboxylic acids is 3. The largest absolute Gasteiger partial charge is 0.444 e. The van der Waals surface area contributed by atoms with Gasteiger partial charge in [0.1, 0.15) is 6.61 Å². The average molecular weight is 318 g/mol. The van der Waals surface area contributed by atoms with Gasteiger partial charge in [0.15, 0.2) is 0 Å². The molecule has 0 saturated carbocycles. The van der Waals surface area contributed by atoms with E-state index in [1.54, 1.807) is 42.5 Å². The number of ketones is 1. The molecule has 0 aromatic heterocycles. The van der Waals surface area contributed by atoms with Crippen molar-refractivity contribution < 1.29 is 19.1 Å². The van der Waals surface area contributed by atoms with Crippen molar-refractivity contribution in [3.8, 4) is 0 Å². The lowest BCUT2D eigenvalue weighted by molar-refractivity contribution is -0.116.